The van der Waals surface area contributed by atoms with Crippen molar-refractivity contribution in [2.45, 2.75) is 60.5 Å². The first kappa shape index (κ1) is 13.6. The second-order valence-electron chi connectivity index (χ2n) is 7.08. The fraction of sp³-hybridized carbons (Fsp3) is 0.857. The van der Waals surface area contributed by atoms with E-state index in [4.69, 9.17) is 4.74 Å². The van der Waals surface area contributed by atoms with E-state index in [-0.39, 0.29) is 10.8 Å². The molecule has 0 bridgehead atoms. The number of ether oxygens (including phenoxy) is 1. The number of allylic oxidation sites excluding steroid dienone is 1. The average molecular weight is 226 g/mol. The molecular weight excluding hydrogens is 200 g/mol. The van der Waals surface area contributed by atoms with E-state index in [9.17, 15) is 5.11 Å². The Morgan fingerprint density at radius 3 is 1.88 bits per heavy atom. The van der Waals surface area contributed by atoms with Crippen LogP contribution in [0, 0.1) is 10.8 Å². The van der Waals surface area contributed by atoms with Gasteiger partial charge in [0.15, 0.2) is 0 Å². The zero-order chi connectivity index (χ0) is 12.8. The molecule has 0 aliphatic carbocycles. The van der Waals surface area contributed by atoms with Crippen LogP contribution in [0.4, 0.5) is 0 Å². The maximum Gasteiger partial charge on any atom is 0.104 e. The van der Waals surface area contributed by atoms with Crippen molar-refractivity contribution in [3.63, 3.8) is 0 Å². The Labute approximate surface area is 99.7 Å². The summed E-state index contributed by atoms with van der Waals surface area (Å²) in [4.78, 5) is 0. The lowest BCUT2D eigenvalue weighted by atomic mass is 9.70. The van der Waals surface area contributed by atoms with Crippen LogP contribution < -0.4 is 0 Å². The highest BCUT2D eigenvalue weighted by Crippen LogP contribution is 2.46. The predicted octanol–water partition coefficient (Wildman–Crippen LogP) is 3.50. The van der Waals surface area contributed by atoms with Crippen molar-refractivity contribution in [1.82, 2.24) is 0 Å². The van der Waals surface area contributed by atoms with Gasteiger partial charge in [-0.3, -0.25) is 0 Å². The largest absolute Gasteiger partial charge is 0.497 e. The van der Waals surface area contributed by atoms with Gasteiger partial charge < -0.3 is 9.84 Å². The molecule has 1 aliphatic heterocycles. The highest BCUT2D eigenvalue weighted by atomic mass is 16.5. The van der Waals surface area contributed by atoms with Crippen LogP contribution in [-0.4, -0.2) is 17.3 Å². The molecule has 1 heterocycles. The third-order valence-electron chi connectivity index (χ3n) is 3.03. The minimum Gasteiger partial charge on any atom is -0.497 e. The van der Waals surface area contributed by atoms with Gasteiger partial charge in [-0.1, -0.05) is 41.5 Å². The standard InChI is InChI=1S/C14H26O2/c1-12(2,3)10-11(13(4,5)6)16-9-8-14(10,7)15/h15H,8-9H2,1-7H3. The Balaban J connectivity index is 3.39. The van der Waals surface area contributed by atoms with Gasteiger partial charge in [0.25, 0.3) is 0 Å². The Morgan fingerprint density at radius 2 is 1.56 bits per heavy atom. The summed E-state index contributed by atoms with van der Waals surface area (Å²) in [5.74, 6) is 0.969. The molecule has 94 valence electrons. The molecule has 1 rings (SSSR count). The van der Waals surface area contributed by atoms with Crippen molar-refractivity contribution >= 4 is 0 Å². The third-order valence-corrected chi connectivity index (χ3v) is 3.03. The lowest BCUT2D eigenvalue weighted by molar-refractivity contribution is -0.00437. The first-order valence-electron chi connectivity index (χ1n) is 6.07. The van der Waals surface area contributed by atoms with Gasteiger partial charge in [0.05, 0.1) is 12.2 Å². The van der Waals surface area contributed by atoms with E-state index in [0.717, 1.165) is 11.3 Å². The van der Waals surface area contributed by atoms with E-state index in [2.05, 4.69) is 41.5 Å². The Bertz CT molecular complexity index is 298. The SMILES string of the molecule is CC(C)(C)C1=C(C(C)(C)C)C(C)(O)CCO1. The molecule has 0 spiro atoms. The van der Waals surface area contributed by atoms with Gasteiger partial charge in [0.1, 0.15) is 5.76 Å². The molecule has 0 amide bonds. The minimum atomic E-state index is -0.737. The zero-order valence-electron chi connectivity index (χ0n) is 11.8. The molecule has 0 aromatic rings. The summed E-state index contributed by atoms with van der Waals surface area (Å²) in [5, 5.41) is 10.6. The average Bonchev–Trinajstić information content (AvgIpc) is 1.97. The molecule has 1 atom stereocenters. The molecule has 1 N–H and O–H groups in total. The summed E-state index contributed by atoms with van der Waals surface area (Å²) in [5.41, 5.74) is 0.206. The Hall–Kier alpha value is -0.500. The van der Waals surface area contributed by atoms with Gasteiger partial charge in [-0.15, -0.1) is 0 Å². The molecule has 16 heavy (non-hydrogen) atoms. The first-order chi connectivity index (χ1) is 6.96. The van der Waals surface area contributed by atoms with Crippen LogP contribution in [0.2, 0.25) is 0 Å². The lowest BCUT2D eigenvalue weighted by Gasteiger charge is -2.43. The molecule has 1 unspecified atom stereocenters. The maximum atomic E-state index is 10.6. The summed E-state index contributed by atoms with van der Waals surface area (Å²) in [6.45, 7) is 15.3. The number of aliphatic hydroxyl groups is 1. The summed E-state index contributed by atoms with van der Waals surface area (Å²) < 4.78 is 5.84. The van der Waals surface area contributed by atoms with Crippen LogP contribution in [-0.2, 0) is 4.74 Å². The Morgan fingerprint density at radius 1 is 1.06 bits per heavy atom. The van der Waals surface area contributed by atoms with Crippen LogP contribution in [0.5, 0.6) is 0 Å². The van der Waals surface area contributed by atoms with Crippen molar-refractivity contribution in [1.29, 1.82) is 0 Å². The second-order valence-corrected chi connectivity index (χ2v) is 7.08. The van der Waals surface area contributed by atoms with Gasteiger partial charge in [-0.25, -0.2) is 0 Å². The minimum absolute atomic E-state index is 0.0486. The second kappa shape index (κ2) is 3.76. The number of hydrogen-bond acceptors (Lipinski definition) is 2. The monoisotopic (exact) mass is 226 g/mol. The molecule has 0 fully saturated rings. The molecule has 0 aromatic heterocycles. The molecule has 0 aromatic carbocycles. The van der Waals surface area contributed by atoms with Gasteiger partial charge in [-0.2, -0.15) is 0 Å². The molecule has 0 saturated heterocycles. The summed E-state index contributed by atoms with van der Waals surface area (Å²) in [7, 11) is 0. The van der Waals surface area contributed by atoms with Crippen LogP contribution >= 0.6 is 0 Å². The van der Waals surface area contributed by atoms with Crippen molar-refractivity contribution in [2.75, 3.05) is 6.61 Å². The fourth-order valence-electron chi connectivity index (χ4n) is 2.53. The van der Waals surface area contributed by atoms with E-state index in [1.807, 2.05) is 6.92 Å². The van der Waals surface area contributed by atoms with E-state index in [1.165, 1.54) is 0 Å². The van der Waals surface area contributed by atoms with Gasteiger partial charge in [0.2, 0.25) is 0 Å². The highest BCUT2D eigenvalue weighted by Gasteiger charge is 2.42. The highest BCUT2D eigenvalue weighted by molar-refractivity contribution is 5.30. The van der Waals surface area contributed by atoms with E-state index >= 15 is 0 Å². The fourth-order valence-corrected chi connectivity index (χ4v) is 2.53. The smallest absolute Gasteiger partial charge is 0.104 e. The normalized spacial score (nSPS) is 28.0. The summed E-state index contributed by atoms with van der Waals surface area (Å²) in [6, 6.07) is 0. The molecule has 0 radical (unpaired) electrons. The molecule has 2 nitrogen and oxygen atoms in total. The zero-order valence-corrected chi connectivity index (χ0v) is 11.8. The molecule has 0 saturated carbocycles. The van der Waals surface area contributed by atoms with Crippen LogP contribution in [0.15, 0.2) is 11.3 Å². The van der Waals surface area contributed by atoms with E-state index in [0.29, 0.717) is 13.0 Å². The molecule has 2 heteroatoms. The summed E-state index contributed by atoms with van der Waals surface area (Å²) in [6.07, 6.45) is 0.680. The van der Waals surface area contributed by atoms with Gasteiger partial charge in [-0.05, 0) is 12.3 Å². The van der Waals surface area contributed by atoms with E-state index in [1.54, 1.807) is 0 Å². The molecular formula is C14H26O2. The first-order valence-corrected chi connectivity index (χ1v) is 6.07. The van der Waals surface area contributed by atoms with Crippen LogP contribution in [0.1, 0.15) is 54.9 Å². The maximum absolute atomic E-state index is 10.6. The topological polar surface area (TPSA) is 29.5 Å². The quantitative estimate of drug-likeness (QED) is 0.685. The molecule has 1 aliphatic rings. The van der Waals surface area contributed by atoms with Crippen LogP contribution in [0.3, 0.4) is 0 Å². The predicted molar refractivity (Wildman–Crippen MR) is 67.1 cm³/mol. The van der Waals surface area contributed by atoms with Gasteiger partial charge in [0, 0.05) is 17.4 Å². The van der Waals surface area contributed by atoms with E-state index < -0.39 is 5.60 Å². The Kier molecular flexibility index (Phi) is 3.19. The third kappa shape index (κ3) is 2.60. The number of rotatable bonds is 0. The lowest BCUT2D eigenvalue weighted by Crippen LogP contribution is -2.42. The summed E-state index contributed by atoms with van der Waals surface area (Å²) >= 11 is 0. The van der Waals surface area contributed by atoms with Gasteiger partial charge >= 0.3 is 0 Å². The van der Waals surface area contributed by atoms with Crippen molar-refractivity contribution < 1.29 is 9.84 Å². The van der Waals surface area contributed by atoms with Crippen molar-refractivity contribution in [3.8, 4) is 0 Å². The van der Waals surface area contributed by atoms with Crippen molar-refractivity contribution in [3.05, 3.63) is 11.3 Å². The van der Waals surface area contributed by atoms with Crippen LogP contribution in [0.25, 0.3) is 0 Å². The number of hydrogen-bond donors (Lipinski definition) is 1. The van der Waals surface area contributed by atoms with Crippen molar-refractivity contribution in [2.24, 2.45) is 10.8 Å².